The highest BCUT2D eigenvalue weighted by Crippen LogP contribution is 2.36. The SMILES string of the molecule is CC1CC(C)C(C(=O)NCC2(N(C)C)CCC2)CC1N. The van der Waals surface area contributed by atoms with Crippen molar-refractivity contribution in [1.29, 1.82) is 0 Å². The lowest BCUT2D eigenvalue weighted by atomic mass is 9.72. The van der Waals surface area contributed by atoms with E-state index in [0.29, 0.717) is 11.8 Å². The molecule has 0 bridgehead atoms. The van der Waals surface area contributed by atoms with Crippen LogP contribution in [0.1, 0.15) is 46.0 Å². The Bertz CT molecular complexity index is 352. The molecule has 4 atom stereocenters. The second-order valence-electron chi connectivity index (χ2n) is 7.39. The zero-order chi connectivity index (χ0) is 14.9. The third-order valence-corrected chi connectivity index (χ3v) is 5.85. The number of carbonyl (C=O) groups is 1. The maximum atomic E-state index is 12.5. The van der Waals surface area contributed by atoms with E-state index >= 15 is 0 Å². The second kappa shape index (κ2) is 6.02. The number of nitrogens with two attached hydrogens (primary N) is 1. The first kappa shape index (κ1) is 15.8. The van der Waals surface area contributed by atoms with Crippen molar-refractivity contribution in [3.8, 4) is 0 Å². The summed E-state index contributed by atoms with van der Waals surface area (Å²) in [6.07, 6.45) is 5.56. The van der Waals surface area contributed by atoms with Crippen LogP contribution in [-0.4, -0.2) is 43.0 Å². The predicted molar refractivity (Wildman–Crippen MR) is 82.3 cm³/mol. The third-order valence-electron chi connectivity index (χ3n) is 5.85. The van der Waals surface area contributed by atoms with Gasteiger partial charge in [0.05, 0.1) is 0 Å². The molecule has 4 nitrogen and oxygen atoms in total. The zero-order valence-electron chi connectivity index (χ0n) is 13.5. The van der Waals surface area contributed by atoms with Crippen LogP contribution < -0.4 is 11.1 Å². The summed E-state index contributed by atoms with van der Waals surface area (Å²) in [5, 5.41) is 3.21. The van der Waals surface area contributed by atoms with Gasteiger partial charge in [0, 0.05) is 24.0 Å². The summed E-state index contributed by atoms with van der Waals surface area (Å²) in [5.41, 5.74) is 6.35. The van der Waals surface area contributed by atoms with E-state index in [1.54, 1.807) is 0 Å². The van der Waals surface area contributed by atoms with Gasteiger partial charge in [-0.05, 0) is 58.0 Å². The topological polar surface area (TPSA) is 58.4 Å². The highest BCUT2D eigenvalue weighted by atomic mass is 16.1. The van der Waals surface area contributed by atoms with Crippen LogP contribution in [0, 0.1) is 17.8 Å². The third kappa shape index (κ3) is 3.01. The first-order valence-corrected chi connectivity index (χ1v) is 8.06. The van der Waals surface area contributed by atoms with Crippen LogP contribution in [0.3, 0.4) is 0 Å². The average molecular weight is 281 g/mol. The normalized spacial score (nSPS) is 36.5. The number of nitrogens with one attached hydrogen (secondary N) is 1. The minimum absolute atomic E-state index is 0.0977. The van der Waals surface area contributed by atoms with E-state index in [-0.39, 0.29) is 23.4 Å². The molecule has 0 aliphatic heterocycles. The zero-order valence-corrected chi connectivity index (χ0v) is 13.5. The Labute approximate surface area is 123 Å². The van der Waals surface area contributed by atoms with Gasteiger partial charge >= 0.3 is 0 Å². The van der Waals surface area contributed by atoms with Crippen molar-refractivity contribution >= 4 is 5.91 Å². The van der Waals surface area contributed by atoms with Crippen molar-refractivity contribution in [3.63, 3.8) is 0 Å². The Morgan fingerprint density at radius 1 is 1.25 bits per heavy atom. The molecule has 0 saturated heterocycles. The predicted octanol–water partition coefficient (Wildman–Crippen LogP) is 1.60. The number of rotatable bonds is 4. The molecule has 4 heteroatoms. The molecule has 0 spiro atoms. The molecular formula is C16H31N3O. The van der Waals surface area contributed by atoms with Crippen LogP contribution in [-0.2, 0) is 4.79 Å². The van der Waals surface area contributed by atoms with Crippen molar-refractivity contribution in [2.24, 2.45) is 23.5 Å². The number of amides is 1. The molecule has 2 rings (SSSR count). The molecule has 1 amide bonds. The van der Waals surface area contributed by atoms with Crippen LogP contribution in [0.4, 0.5) is 0 Å². The standard InChI is InChI=1S/C16H31N3O/c1-11-8-12(2)14(17)9-13(11)15(20)18-10-16(19(3)4)6-5-7-16/h11-14H,5-10,17H2,1-4H3,(H,18,20). The van der Waals surface area contributed by atoms with Gasteiger partial charge in [-0.3, -0.25) is 4.79 Å². The molecule has 0 aromatic heterocycles. The summed E-state index contributed by atoms with van der Waals surface area (Å²) in [5.74, 6) is 1.30. The van der Waals surface area contributed by atoms with Crippen LogP contribution in [0.25, 0.3) is 0 Å². The molecule has 0 aromatic carbocycles. The van der Waals surface area contributed by atoms with Crippen molar-refractivity contribution in [1.82, 2.24) is 10.2 Å². The van der Waals surface area contributed by atoms with Crippen LogP contribution in [0.2, 0.25) is 0 Å². The van der Waals surface area contributed by atoms with Crippen LogP contribution >= 0.6 is 0 Å². The Morgan fingerprint density at radius 3 is 2.40 bits per heavy atom. The van der Waals surface area contributed by atoms with E-state index in [1.165, 1.54) is 19.3 Å². The molecule has 0 heterocycles. The summed E-state index contributed by atoms with van der Waals surface area (Å²) < 4.78 is 0. The highest BCUT2D eigenvalue weighted by molar-refractivity contribution is 5.79. The minimum Gasteiger partial charge on any atom is -0.354 e. The van der Waals surface area contributed by atoms with Gasteiger partial charge in [0.25, 0.3) is 0 Å². The second-order valence-corrected chi connectivity index (χ2v) is 7.39. The molecule has 0 aromatic rings. The van der Waals surface area contributed by atoms with Gasteiger partial charge in [-0.1, -0.05) is 13.8 Å². The van der Waals surface area contributed by atoms with Gasteiger partial charge in [-0.2, -0.15) is 0 Å². The minimum atomic E-state index is 0.0977. The Balaban J connectivity index is 1.88. The van der Waals surface area contributed by atoms with Gasteiger partial charge in [0.15, 0.2) is 0 Å². The molecule has 2 fully saturated rings. The van der Waals surface area contributed by atoms with E-state index in [1.807, 2.05) is 0 Å². The summed E-state index contributed by atoms with van der Waals surface area (Å²) in [4.78, 5) is 14.8. The monoisotopic (exact) mass is 281 g/mol. The van der Waals surface area contributed by atoms with Gasteiger partial charge in [0.2, 0.25) is 5.91 Å². The molecule has 2 aliphatic carbocycles. The number of hydrogen-bond donors (Lipinski definition) is 2. The fraction of sp³-hybridized carbons (Fsp3) is 0.938. The van der Waals surface area contributed by atoms with Crippen molar-refractivity contribution in [3.05, 3.63) is 0 Å². The maximum absolute atomic E-state index is 12.5. The van der Waals surface area contributed by atoms with E-state index in [2.05, 4.69) is 38.2 Å². The molecule has 2 aliphatic rings. The van der Waals surface area contributed by atoms with Crippen molar-refractivity contribution < 1.29 is 4.79 Å². The Morgan fingerprint density at radius 2 is 1.90 bits per heavy atom. The van der Waals surface area contributed by atoms with E-state index < -0.39 is 0 Å². The highest BCUT2D eigenvalue weighted by Gasteiger charge is 2.40. The number of hydrogen-bond acceptors (Lipinski definition) is 3. The quantitative estimate of drug-likeness (QED) is 0.823. The first-order chi connectivity index (χ1) is 9.35. The van der Waals surface area contributed by atoms with E-state index in [9.17, 15) is 4.79 Å². The molecule has 2 saturated carbocycles. The van der Waals surface area contributed by atoms with E-state index in [4.69, 9.17) is 5.73 Å². The number of likely N-dealkylation sites (N-methyl/N-ethyl adjacent to an activating group) is 1. The summed E-state index contributed by atoms with van der Waals surface area (Å²) in [6.45, 7) is 5.18. The summed E-state index contributed by atoms with van der Waals surface area (Å²) in [7, 11) is 4.23. The lowest BCUT2D eigenvalue weighted by Crippen LogP contribution is -2.58. The average Bonchev–Trinajstić information content (AvgIpc) is 2.31. The lowest BCUT2D eigenvalue weighted by molar-refractivity contribution is -0.129. The van der Waals surface area contributed by atoms with Gasteiger partial charge in [0.1, 0.15) is 0 Å². The fourth-order valence-electron chi connectivity index (χ4n) is 3.80. The molecule has 116 valence electrons. The largest absolute Gasteiger partial charge is 0.354 e. The van der Waals surface area contributed by atoms with Crippen molar-refractivity contribution in [2.75, 3.05) is 20.6 Å². The van der Waals surface area contributed by atoms with Gasteiger partial charge in [-0.15, -0.1) is 0 Å². The van der Waals surface area contributed by atoms with Crippen molar-refractivity contribution in [2.45, 2.75) is 57.5 Å². The maximum Gasteiger partial charge on any atom is 0.223 e. The number of carbonyl (C=O) groups excluding carboxylic acids is 1. The van der Waals surface area contributed by atoms with E-state index in [0.717, 1.165) is 19.4 Å². The Kier molecular flexibility index (Phi) is 4.75. The smallest absolute Gasteiger partial charge is 0.223 e. The van der Waals surface area contributed by atoms with Gasteiger partial charge < -0.3 is 16.0 Å². The molecule has 4 unspecified atom stereocenters. The van der Waals surface area contributed by atoms with Crippen LogP contribution in [0.15, 0.2) is 0 Å². The Hall–Kier alpha value is -0.610. The fourth-order valence-corrected chi connectivity index (χ4v) is 3.80. The first-order valence-electron chi connectivity index (χ1n) is 8.06. The summed E-state index contributed by atoms with van der Waals surface area (Å²) >= 11 is 0. The van der Waals surface area contributed by atoms with Gasteiger partial charge in [-0.25, -0.2) is 0 Å². The summed E-state index contributed by atoms with van der Waals surface area (Å²) in [6, 6.07) is 0.175. The molecule has 0 radical (unpaired) electrons. The number of nitrogens with zero attached hydrogens (tertiary/aromatic N) is 1. The molecule has 20 heavy (non-hydrogen) atoms. The molecular weight excluding hydrogens is 250 g/mol. The lowest BCUT2D eigenvalue weighted by Gasteiger charge is -2.47. The van der Waals surface area contributed by atoms with Crippen LogP contribution in [0.5, 0.6) is 0 Å². The molecule has 3 N–H and O–H groups in total.